The van der Waals surface area contributed by atoms with Gasteiger partial charge in [0.15, 0.2) is 0 Å². The summed E-state index contributed by atoms with van der Waals surface area (Å²) in [5.41, 5.74) is 4.52. The van der Waals surface area contributed by atoms with Gasteiger partial charge in [0.05, 0.1) is 24.1 Å². The Kier molecular flexibility index (Phi) is 5.73. The number of nitrogens with two attached hydrogens (primary N) is 1. The van der Waals surface area contributed by atoms with Crippen LogP contribution in [0.25, 0.3) is 0 Å². The molecule has 0 aromatic heterocycles. The Morgan fingerprint density at radius 2 is 2.04 bits per heavy atom. The van der Waals surface area contributed by atoms with Crippen molar-refractivity contribution in [1.82, 2.24) is 0 Å². The van der Waals surface area contributed by atoms with Crippen LogP contribution in [0.5, 0.6) is 0 Å². The van der Waals surface area contributed by atoms with Crippen molar-refractivity contribution in [2.45, 2.75) is 37.0 Å². The van der Waals surface area contributed by atoms with Crippen molar-refractivity contribution in [3.63, 3.8) is 0 Å². The van der Waals surface area contributed by atoms with E-state index < -0.39 is 10.0 Å². The zero-order chi connectivity index (χ0) is 16.9. The highest BCUT2D eigenvalue weighted by atomic mass is 32.2. The summed E-state index contributed by atoms with van der Waals surface area (Å²) in [4.78, 5) is 11.5. The van der Waals surface area contributed by atoms with Gasteiger partial charge in [-0.3, -0.25) is 10.2 Å². The summed E-state index contributed by atoms with van der Waals surface area (Å²) in [7, 11) is -2.31. The minimum atomic E-state index is -3.70. The molecule has 8 heteroatoms. The Hall–Kier alpha value is -1.93. The maximum atomic E-state index is 11.5. The number of methoxy groups -OCH3 is 1. The normalized spacial score (nSPS) is 20.3. The van der Waals surface area contributed by atoms with Crippen LogP contribution in [-0.4, -0.2) is 27.2 Å². The van der Waals surface area contributed by atoms with Crippen molar-refractivity contribution in [2.75, 3.05) is 12.5 Å². The first-order valence-electron chi connectivity index (χ1n) is 7.42. The first-order chi connectivity index (χ1) is 10.9. The topological polar surface area (TPSA) is 111 Å². The van der Waals surface area contributed by atoms with E-state index >= 15 is 0 Å². The number of carbonyl (C=O) groups is 1. The third-order valence-corrected chi connectivity index (χ3v) is 4.79. The van der Waals surface area contributed by atoms with E-state index in [0.717, 1.165) is 31.4 Å². The number of primary sulfonamides is 1. The Morgan fingerprint density at radius 1 is 1.35 bits per heavy atom. The maximum Gasteiger partial charge on any atom is 0.306 e. The molecule has 0 heterocycles. The second-order valence-corrected chi connectivity index (χ2v) is 7.07. The fourth-order valence-corrected chi connectivity index (χ4v) is 3.09. The molecule has 1 aromatic carbocycles. The lowest BCUT2D eigenvalue weighted by molar-refractivity contribution is -0.141. The van der Waals surface area contributed by atoms with Gasteiger partial charge >= 0.3 is 5.97 Å². The SMILES string of the molecule is COC(=O)CC1CCCC/C1=N\Nc1ccc(S(N)(=O)=O)cc1. The molecule has 1 atom stereocenters. The molecular weight excluding hydrogens is 318 g/mol. The van der Waals surface area contributed by atoms with Crippen LogP contribution in [0.3, 0.4) is 0 Å². The van der Waals surface area contributed by atoms with Crippen LogP contribution in [-0.2, 0) is 19.6 Å². The van der Waals surface area contributed by atoms with E-state index in [-0.39, 0.29) is 16.8 Å². The summed E-state index contributed by atoms with van der Waals surface area (Å²) in [6.45, 7) is 0. The number of anilines is 1. The van der Waals surface area contributed by atoms with Gasteiger partial charge in [-0.1, -0.05) is 6.42 Å². The molecule has 1 fully saturated rings. The van der Waals surface area contributed by atoms with Gasteiger partial charge in [0, 0.05) is 11.6 Å². The molecule has 0 amide bonds. The van der Waals surface area contributed by atoms with Gasteiger partial charge in [-0.15, -0.1) is 0 Å². The number of sulfonamides is 1. The maximum absolute atomic E-state index is 11.5. The highest BCUT2D eigenvalue weighted by molar-refractivity contribution is 7.89. The summed E-state index contributed by atoms with van der Waals surface area (Å²) >= 11 is 0. The van der Waals surface area contributed by atoms with E-state index in [9.17, 15) is 13.2 Å². The van der Waals surface area contributed by atoms with Crippen LogP contribution in [0.15, 0.2) is 34.3 Å². The molecule has 3 N–H and O–H groups in total. The number of nitrogens with zero attached hydrogens (tertiary/aromatic N) is 1. The van der Waals surface area contributed by atoms with Crippen LogP contribution < -0.4 is 10.6 Å². The standard InChI is InChI=1S/C15H21N3O4S/c1-22-15(19)10-11-4-2-3-5-14(11)18-17-12-6-8-13(9-7-12)23(16,20)21/h6-9,11,17H,2-5,10H2,1H3,(H2,16,20,21)/b18-14+. The number of hydrogen-bond acceptors (Lipinski definition) is 6. The monoisotopic (exact) mass is 339 g/mol. The number of carbonyl (C=O) groups excluding carboxylic acids is 1. The van der Waals surface area contributed by atoms with Gasteiger partial charge in [0.25, 0.3) is 0 Å². The Balaban J connectivity index is 2.06. The molecule has 1 aromatic rings. The lowest BCUT2D eigenvalue weighted by Gasteiger charge is -2.23. The molecule has 1 saturated carbocycles. The number of nitrogens with one attached hydrogen (secondary N) is 1. The number of hydrazone groups is 1. The zero-order valence-corrected chi connectivity index (χ0v) is 13.8. The number of hydrogen-bond donors (Lipinski definition) is 2. The summed E-state index contributed by atoms with van der Waals surface area (Å²) in [5, 5.41) is 9.45. The van der Waals surface area contributed by atoms with Crippen LogP contribution in [0.1, 0.15) is 32.1 Å². The summed E-state index contributed by atoms with van der Waals surface area (Å²) in [6.07, 6.45) is 4.21. The molecule has 7 nitrogen and oxygen atoms in total. The second kappa shape index (κ2) is 7.56. The highest BCUT2D eigenvalue weighted by Gasteiger charge is 2.23. The zero-order valence-electron chi connectivity index (χ0n) is 13.0. The first-order valence-corrected chi connectivity index (χ1v) is 8.97. The predicted octanol–water partition coefficient (Wildman–Crippen LogP) is 1.86. The van der Waals surface area contributed by atoms with Crippen LogP contribution in [0, 0.1) is 5.92 Å². The Morgan fingerprint density at radius 3 is 2.65 bits per heavy atom. The van der Waals surface area contributed by atoms with E-state index in [1.54, 1.807) is 12.1 Å². The average Bonchev–Trinajstić information content (AvgIpc) is 2.53. The molecule has 0 radical (unpaired) electrons. The van der Waals surface area contributed by atoms with E-state index in [1.807, 2.05) is 0 Å². The number of ether oxygens (including phenoxy) is 1. The Bertz CT molecular complexity index is 683. The molecule has 2 rings (SSSR count). The average molecular weight is 339 g/mol. The van der Waals surface area contributed by atoms with Crippen LogP contribution in [0.2, 0.25) is 0 Å². The van der Waals surface area contributed by atoms with Gasteiger partial charge in [-0.2, -0.15) is 5.10 Å². The van der Waals surface area contributed by atoms with E-state index in [0.29, 0.717) is 12.1 Å². The molecule has 1 aliphatic carbocycles. The van der Waals surface area contributed by atoms with Gasteiger partial charge in [-0.25, -0.2) is 13.6 Å². The van der Waals surface area contributed by atoms with Gasteiger partial charge < -0.3 is 4.74 Å². The second-order valence-electron chi connectivity index (χ2n) is 5.51. The van der Waals surface area contributed by atoms with Gasteiger partial charge in [-0.05, 0) is 43.5 Å². The van der Waals surface area contributed by atoms with Crippen molar-refractivity contribution in [2.24, 2.45) is 16.2 Å². The van der Waals surface area contributed by atoms with Gasteiger partial charge in [0.1, 0.15) is 0 Å². The van der Waals surface area contributed by atoms with Crippen molar-refractivity contribution in [1.29, 1.82) is 0 Å². The van der Waals surface area contributed by atoms with E-state index in [2.05, 4.69) is 10.5 Å². The largest absolute Gasteiger partial charge is 0.469 e. The van der Waals surface area contributed by atoms with E-state index in [1.165, 1.54) is 19.2 Å². The smallest absolute Gasteiger partial charge is 0.306 e. The summed E-state index contributed by atoms with van der Waals surface area (Å²) in [6, 6.07) is 6.04. The number of esters is 1. The number of benzene rings is 1. The minimum Gasteiger partial charge on any atom is -0.469 e. The quantitative estimate of drug-likeness (QED) is 0.628. The van der Waals surface area contributed by atoms with Crippen molar-refractivity contribution >= 4 is 27.4 Å². The third-order valence-electron chi connectivity index (χ3n) is 3.86. The molecule has 126 valence electrons. The summed E-state index contributed by atoms with van der Waals surface area (Å²) < 4.78 is 27.1. The molecule has 1 aliphatic rings. The van der Waals surface area contributed by atoms with Crippen LogP contribution in [0.4, 0.5) is 5.69 Å². The molecule has 0 bridgehead atoms. The molecule has 0 spiro atoms. The van der Waals surface area contributed by atoms with Crippen molar-refractivity contribution in [3.8, 4) is 0 Å². The fourth-order valence-electron chi connectivity index (χ4n) is 2.57. The molecule has 23 heavy (non-hydrogen) atoms. The molecular formula is C15H21N3O4S. The van der Waals surface area contributed by atoms with Crippen molar-refractivity contribution in [3.05, 3.63) is 24.3 Å². The van der Waals surface area contributed by atoms with Crippen LogP contribution >= 0.6 is 0 Å². The highest BCUT2D eigenvalue weighted by Crippen LogP contribution is 2.25. The fraction of sp³-hybridized carbons (Fsp3) is 0.467. The molecule has 0 aliphatic heterocycles. The van der Waals surface area contributed by atoms with Crippen molar-refractivity contribution < 1.29 is 17.9 Å². The Labute approximate surface area is 136 Å². The number of rotatable bonds is 5. The minimum absolute atomic E-state index is 0.0527. The molecule has 1 unspecified atom stereocenters. The first kappa shape index (κ1) is 17.4. The lowest BCUT2D eigenvalue weighted by atomic mass is 9.85. The summed E-state index contributed by atoms with van der Waals surface area (Å²) in [5.74, 6) is -0.144. The predicted molar refractivity (Wildman–Crippen MR) is 87.5 cm³/mol. The lowest BCUT2D eigenvalue weighted by Crippen LogP contribution is -2.23. The third kappa shape index (κ3) is 5.04. The van der Waals surface area contributed by atoms with Gasteiger partial charge in [0.2, 0.25) is 10.0 Å². The van der Waals surface area contributed by atoms with E-state index in [4.69, 9.17) is 9.88 Å². The molecule has 0 saturated heterocycles.